The summed E-state index contributed by atoms with van der Waals surface area (Å²) in [6, 6.07) is 5.02. The minimum atomic E-state index is -0.576. The zero-order chi connectivity index (χ0) is 13.0. The van der Waals surface area contributed by atoms with Gasteiger partial charge >= 0.3 is 0 Å². The number of hydrogen-bond acceptors (Lipinski definition) is 4. The molecule has 4 nitrogen and oxygen atoms in total. The van der Waals surface area contributed by atoms with Crippen molar-refractivity contribution in [2.75, 3.05) is 14.2 Å². The lowest BCUT2D eigenvalue weighted by Gasteiger charge is -2.23. The van der Waals surface area contributed by atoms with Crippen LogP contribution in [0.4, 0.5) is 0 Å². The van der Waals surface area contributed by atoms with Crippen LogP contribution in [-0.4, -0.2) is 25.4 Å². The normalized spacial score (nSPS) is 13.7. The van der Waals surface area contributed by atoms with Crippen LogP contribution in [-0.2, 0) is 0 Å². The zero-order valence-corrected chi connectivity index (χ0v) is 12.0. The van der Waals surface area contributed by atoms with E-state index in [-0.39, 0.29) is 18.3 Å². The van der Waals surface area contributed by atoms with Gasteiger partial charge in [0.25, 0.3) is 0 Å². The van der Waals surface area contributed by atoms with Crippen molar-refractivity contribution < 1.29 is 14.6 Å². The number of halogens is 1. The van der Waals surface area contributed by atoms with Crippen LogP contribution < -0.4 is 15.2 Å². The van der Waals surface area contributed by atoms with Crippen molar-refractivity contribution in [2.45, 2.75) is 26.0 Å². The lowest BCUT2D eigenvalue weighted by atomic mass is 9.94. The van der Waals surface area contributed by atoms with E-state index < -0.39 is 12.1 Å². The molecule has 0 saturated carbocycles. The molecule has 0 heterocycles. The van der Waals surface area contributed by atoms with Crippen LogP contribution >= 0.6 is 12.4 Å². The molecular weight excluding hydrogens is 254 g/mol. The summed E-state index contributed by atoms with van der Waals surface area (Å²) in [5.41, 5.74) is 6.85. The molecule has 0 fully saturated rings. The average Bonchev–Trinajstić information content (AvgIpc) is 2.35. The number of ether oxygens (including phenoxy) is 2. The van der Waals surface area contributed by atoms with Gasteiger partial charge < -0.3 is 20.3 Å². The van der Waals surface area contributed by atoms with Gasteiger partial charge in [-0.2, -0.15) is 0 Å². The number of methoxy groups -OCH3 is 2. The average molecular weight is 276 g/mol. The van der Waals surface area contributed by atoms with Gasteiger partial charge in [-0.3, -0.25) is 0 Å². The van der Waals surface area contributed by atoms with Crippen LogP contribution in [0.15, 0.2) is 18.2 Å². The predicted octanol–water partition coefficient (Wildman–Crippen LogP) is 2.14. The van der Waals surface area contributed by atoms with E-state index in [2.05, 4.69) is 0 Å². The summed E-state index contributed by atoms with van der Waals surface area (Å²) in [6.45, 7) is 3.87. The van der Waals surface area contributed by atoms with Crippen molar-refractivity contribution in [3.05, 3.63) is 23.8 Å². The minimum absolute atomic E-state index is 0. The van der Waals surface area contributed by atoms with Gasteiger partial charge in [0.1, 0.15) is 0 Å². The second kappa shape index (κ2) is 7.46. The zero-order valence-electron chi connectivity index (χ0n) is 11.2. The summed E-state index contributed by atoms with van der Waals surface area (Å²) < 4.78 is 10.4. The molecule has 1 aromatic carbocycles. The third-order valence-corrected chi connectivity index (χ3v) is 2.84. The van der Waals surface area contributed by atoms with Gasteiger partial charge in [0.05, 0.1) is 26.4 Å². The minimum Gasteiger partial charge on any atom is -0.493 e. The fourth-order valence-corrected chi connectivity index (χ4v) is 1.67. The van der Waals surface area contributed by atoms with Gasteiger partial charge in [0.15, 0.2) is 11.5 Å². The Labute approximate surface area is 115 Å². The molecule has 0 amide bonds. The smallest absolute Gasteiger partial charge is 0.161 e. The summed E-state index contributed by atoms with van der Waals surface area (Å²) in [5, 5.41) is 9.94. The van der Waals surface area contributed by atoms with Crippen molar-refractivity contribution in [2.24, 2.45) is 11.7 Å². The van der Waals surface area contributed by atoms with E-state index in [1.807, 2.05) is 19.9 Å². The van der Waals surface area contributed by atoms with Crippen LogP contribution in [0.3, 0.4) is 0 Å². The molecule has 2 atom stereocenters. The maximum atomic E-state index is 9.94. The molecule has 0 unspecified atom stereocenters. The fourth-order valence-electron chi connectivity index (χ4n) is 1.67. The van der Waals surface area contributed by atoms with Crippen LogP contribution in [0.1, 0.15) is 25.5 Å². The molecule has 0 aliphatic heterocycles. The van der Waals surface area contributed by atoms with Gasteiger partial charge in [-0.1, -0.05) is 19.9 Å². The maximum Gasteiger partial charge on any atom is 0.161 e. The number of aliphatic hydroxyl groups excluding tert-OH is 1. The van der Waals surface area contributed by atoms with E-state index in [0.717, 1.165) is 5.56 Å². The SMILES string of the molecule is COc1ccc([C@H](N)[C@H](O)C(C)C)cc1OC.Cl. The summed E-state index contributed by atoms with van der Waals surface area (Å²) in [7, 11) is 3.16. The third-order valence-electron chi connectivity index (χ3n) is 2.84. The van der Waals surface area contributed by atoms with E-state index in [1.54, 1.807) is 26.4 Å². The summed E-state index contributed by atoms with van der Waals surface area (Å²) in [6.07, 6.45) is -0.576. The van der Waals surface area contributed by atoms with Crippen molar-refractivity contribution >= 4 is 12.4 Å². The van der Waals surface area contributed by atoms with E-state index in [0.29, 0.717) is 11.5 Å². The Balaban J connectivity index is 0.00000289. The Bertz CT molecular complexity index is 371. The molecule has 5 heteroatoms. The number of benzene rings is 1. The molecule has 1 aromatic rings. The first-order valence-electron chi connectivity index (χ1n) is 5.66. The van der Waals surface area contributed by atoms with Crippen molar-refractivity contribution in [1.29, 1.82) is 0 Å². The maximum absolute atomic E-state index is 9.94. The second-order valence-electron chi connectivity index (χ2n) is 4.37. The van der Waals surface area contributed by atoms with E-state index >= 15 is 0 Å². The molecule has 0 saturated heterocycles. The highest BCUT2D eigenvalue weighted by molar-refractivity contribution is 5.85. The Morgan fingerprint density at radius 1 is 1.11 bits per heavy atom. The van der Waals surface area contributed by atoms with Gasteiger partial charge in [-0.25, -0.2) is 0 Å². The first-order chi connectivity index (χ1) is 8.01. The van der Waals surface area contributed by atoms with Gasteiger partial charge in [-0.05, 0) is 23.6 Å². The lowest BCUT2D eigenvalue weighted by Crippen LogP contribution is -2.30. The second-order valence-corrected chi connectivity index (χ2v) is 4.37. The number of rotatable bonds is 5. The monoisotopic (exact) mass is 275 g/mol. The first kappa shape index (κ1) is 17.0. The third kappa shape index (κ3) is 3.77. The van der Waals surface area contributed by atoms with Crippen molar-refractivity contribution in [3.8, 4) is 11.5 Å². The predicted molar refractivity (Wildman–Crippen MR) is 74.6 cm³/mol. The first-order valence-corrected chi connectivity index (χ1v) is 5.66. The largest absolute Gasteiger partial charge is 0.493 e. The Hall–Kier alpha value is -0.970. The van der Waals surface area contributed by atoms with E-state index in [9.17, 15) is 5.11 Å². The standard InChI is InChI=1S/C13H21NO3.ClH/c1-8(2)13(15)12(14)9-5-6-10(16-3)11(7-9)17-4;/h5-8,12-13,15H,14H2,1-4H3;1H/t12-,13+;/m0./s1. The molecule has 1 rings (SSSR count). The topological polar surface area (TPSA) is 64.7 Å². The van der Waals surface area contributed by atoms with Crippen LogP contribution in [0.25, 0.3) is 0 Å². The summed E-state index contributed by atoms with van der Waals surface area (Å²) in [4.78, 5) is 0. The number of hydrogen-bond donors (Lipinski definition) is 2. The molecule has 104 valence electrons. The lowest BCUT2D eigenvalue weighted by molar-refractivity contribution is 0.0978. The Morgan fingerprint density at radius 3 is 2.11 bits per heavy atom. The van der Waals surface area contributed by atoms with Gasteiger partial charge in [0, 0.05) is 0 Å². The molecule has 0 aromatic heterocycles. The van der Waals surface area contributed by atoms with Gasteiger partial charge in [-0.15, -0.1) is 12.4 Å². The fraction of sp³-hybridized carbons (Fsp3) is 0.538. The molecular formula is C13H22ClNO3. The summed E-state index contributed by atoms with van der Waals surface area (Å²) >= 11 is 0. The number of nitrogens with two attached hydrogens (primary N) is 1. The molecule has 3 N–H and O–H groups in total. The Kier molecular flexibility index (Phi) is 7.06. The van der Waals surface area contributed by atoms with Gasteiger partial charge in [0.2, 0.25) is 0 Å². The Morgan fingerprint density at radius 2 is 1.67 bits per heavy atom. The van der Waals surface area contributed by atoms with Crippen LogP contribution in [0.5, 0.6) is 11.5 Å². The van der Waals surface area contributed by atoms with Crippen molar-refractivity contribution in [3.63, 3.8) is 0 Å². The molecule has 0 spiro atoms. The molecule has 0 aliphatic rings. The summed E-state index contributed by atoms with van der Waals surface area (Å²) in [5.74, 6) is 1.39. The molecule has 0 aliphatic carbocycles. The van der Waals surface area contributed by atoms with Crippen molar-refractivity contribution in [1.82, 2.24) is 0 Å². The highest BCUT2D eigenvalue weighted by atomic mass is 35.5. The molecule has 0 radical (unpaired) electrons. The number of aliphatic hydroxyl groups is 1. The molecule has 18 heavy (non-hydrogen) atoms. The quantitative estimate of drug-likeness (QED) is 0.864. The highest BCUT2D eigenvalue weighted by Gasteiger charge is 2.21. The van der Waals surface area contributed by atoms with Crippen LogP contribution in [0, 0.1) is 5.92 Å². The molecule has 0 bridgehead atoms. The highest BCUT2D eigenvalue weighted by Crippen LogP contribution is 2.31. The van der Waals surface area contributed by atoms with E-state index in [4.69, 9.17) is 15.2 Å². The van der Waals surface area contributed by atoms with E-state index in [1.165, 1.54) is 0 Å². The van der Waals surface area contributed by atoms with Crippen LogP contribution in [0.2, 0.25) is 0 Å².